The van der Waals surface area contributed by atoms with Crippen molar-refractivity contribution in [2.75, 3.05) is 5.32 Å². The number of carbonyl (C=O) groups excluding carboxylic acids is 1. The lowest BCUT2D eigenvalue weighted by Crippen LogP contribution is -2.27. The van der Waals surface area contributed by atoms with E-state index in [2.05, 4.69) is 36.3 Å². The van der Waals surface area contributed by atoms with Crippen LogP contribution in [0.5, 0.6) is 0 Å². The molecule has 0 aliphatic heterocycles. The summed E-state index contributed by atoms with van der Waals surface area (Å²) in [5.41, 5.74) is 3.96. The average molecular weight is 665 g/mol. The number of hydrogen-bond acceptors (Lipinski definition) is 8. The molecule has 0 bridgehead atoms. The molecule has 5 aromatic rings. The highest BCUT2D eigenvalue weighted by molar-refractivity contribution is 7.99. The van der Waals surface area contributed by atoms with Gasteiger partial charge in [0.15, 0.2) is 11.0 Å². The summed E-state index contributed by atoms with van der Waals surface area (Å²) in [4.78, 5) is 32.0. The zero-order valence-corrected chi connectivity index (χ0v) is 28.4. The molecular weight excluding hydrogens is 629 g/mol. The van der Waals surface area contributed by atoms with Gasteiger partial charge >= 0.3 is 0 Å². The summed E-state index contributed by atoms with van der Waals surface area (Å²) >= 11 is 2.92. The second-order valence-electron chi connectivity index (χ2n) is 12.6. The van der Waals surface area contributed by atoms with E-state index in [0.29, 0.717) is 39.4 Å². The SMILES string of the molecule is CCn1c(Sc2ccc([N+](=O)[O-])cc2C=Nc2sc3c(c2C(=O)Nc2ccccc2)CCC(C(C)(C)C)C3)nnc1-c1ccccc1. The van der Waals surface area contributed by atoms with Crippen LogP contribution in [-0.4, -0.2) is 31.8 Å². The van der Waals surface area contributed by atoms with Crippen molar-refractivity contribution < 1.29 is 9.72 Å². The fourth-order valence-corrected chi connectivity index (χ4v) is 8.11. The first kappa shape index (κ1) is 32.3. The van der Waals surface area contributed by atoms with Crippen molar-refractivity contribution in [3.8, 4) is 11.4 Å². The first-order valence-electron chi connectivity index (χ1n) is 15.6. The lowest BCUT2D eigenvalue weighted by atomic mass is 9.72. The van der Waals surface area contributed by atoms with E-state index >= 15 is 0 Å². The molecule has 1 atom stereocenters. The second kappa shape index (κ2) is 13.6. The molecule has 1 N–H and O–H groups in total. The molecule has 6 rings (SSSR count). The van der Waals surface area contributed by atoms with E-state index < -0.39 is 4.92 Å². The van der Waals surface area contributed by atoms with Gasteiger partial charge in [-0.3, -0.25) is 14.9 Å². The molecule has 9 nitrogen and oxygen atoms in total. The molecule has 240 valence electrons. The largest absolute Gasteiger partial charge is 0.322 e. The Labute approximate surface area is 282 Å². The number of hydrogen-bond donors (Lipinski definition) is 1. The molecule has 2 aromatic heterocycles. The maximum Gasteiger partial charge on any atom is 0.270 e. The number of nitrogens with one attached hydrogen (secondary N) is 1. The van der Waals surface area contributed by atoms with E-state index in [0.717, 1.165) is 41.1 Å². The minimum Gasteiger partial charge on any atom is -0.322 e. The Bertz CT molecular complexity index is 1940. The topological polar surface area (TPSA) is 115 Å². The monoisotopic (exact) mass is 664 g/mol. The Morgan fingerprint density at radius 2 is 1.83 bits per heavy atom. The molecule has 0 spiro atoms. The van der Waals surface area contributed by atoms with E-state index in [-0.39, 0.29) is 17.0 Å². The molecular formula is C36H36N6O3S2. The first-order chi connectivity index (χ1) is 22.6. The van der Waals surface area contributed by atoms with Crippen LogP contribution in [0, 0.1) is 21.4 Å². The van der Waals surface area contributed by atoms with Crippen LogP contribution in [-0.2, 0) is 19.4 Å². The zero-order chi connectivity index (χ0) is 33.1. The molecule has 1 aliphatic carbocycles. The first-order valence-corrected chi connectivity index (χ1v) is 17.3. The Hall–Kier alpha value is -4.61. The minimum atomic E-state index is -0.414. The number of benzene rings is 3. The fourth-order valence-electron chi connectivity index (χ4n) is 5.87. The van der Waals surface area contributed by atoms with Crippen LogP contribution in [0.3, 0.4) is 0 Å². The van der Waals surface area contributed by atoms with E-state index in [9.17, 15) is 14.9 Å². The van der Waals surface area contributed by atoms with Crippen molar-refractivity contribution in [1.29, 1.82) is 0 Å². The maximum atomic E-state index is 13.8. The van der Waals surface area contributed by atoms with Crippen molar-refractivity contribution in [3.05, 3.63) is 111 Å². The third kappa shape index (κ3) is 7.06. The normalized spacial score (nSPS) is 14.7. The molecule has 0 radical (unpaired) electrons. The number of rotatable bonds is 9. The highest BCUT2D eigenvalue weighted by atomic mass is 32.2. The lowest BCUT2D eigenvalue weighted by molar-refractivity contribution is -0.384. The standard InChI is InChI=1S/C36H36N6O3S2/c1-5-41-32(23-12-8-6-9-13-23)39-40-35(41)47-29-19-17-27(42(44)45)20-24(29)22-37-34-31(33(43)38-26-14-10-7-11-15-26)28-18-16-25(36(2,3)4)21-30(28)46-34/h6-15,17,19-20,22,25H,5,16,18,21H2,1-4H3,(H,38,43). The quantitative estimate of drug-likeness (QED) is 0.0954. The van der Waals surface area contributed by atoms with Crippen LogP contribution >= 0.6 is 23.1 Å². The van der Waals surface area contributed by atoms with Gasteiger partial charge in [0.2, 0.25) is 0 Å². The molecule has 0 fully saturated rings. The van der Waals surface area contributed by atoms with Gasteiger partial charge in [0.25, 0.3) is 11.6 Å². The predicted molar refractivity (Wildman–Crippen MR) is 189 cm³/mol. The van der Waals surface area contributed by atoms with Crippen LogP contribution in [0.4, 0.5) is 16.4 Å². The zero-order valence-electron chi connectivity index (χ0n) is 26.8. The molecule has 0 saturated carbocycles. The summed E-state index contributed by atoms with van der Waals surface area (Å²) in [5.74, 6) is 1.04. The highest BCUT2D eigenvalue weighted by Crippen LogP contribution is 2.45. The van der Waals surface area contributed by atoms with E-state index in [1.165, 1.54) is 28.8 Å². The number of nitro benzene ring substituents is 1. The number of para-hydroxylation sites is 1. The molecule has 1 unspecified atom stereocenters. The summed E-state index contributed by atoms with van der Waals surface area (Å²) < 4.78 is 2.02. The Balaban J connectivity index is 1.39. The van der Waals surface area contributed by atoms with Crippen LogP contribution < -0.4 is 5.32 Å². The fraction of sp³-hybridized carbons (Fsp3) is 0.278. The Morgan fingerprint density at radius 1 is 1.11 bits per heavy atom. The van der Waals surface area contributed by atoms with Gasteiger partial charge in [-0.25, -0.2) is 4.99 Å². The van der Waals surface area contributed by atoms with Crippen molar-refractivity contribution in [2.45, 2.75) is 63.6 Å². The summed E-state index contributed by atoms with van der Waals surface area (Å²) in [7, 11) is 0. The molecule has 47 heavy (non-hydrogen) atoms. The third-order valence-corrected chi connectivity index (χ3v) is 10.8. The van der Waals surface area contributed by atoms with Gasteiger partial charge in [-0.05, 0) is 73.0 Å². The van der Waals surface area contributed by atoms with Gasteiger partial charge < -0.3 is 9.88 Å². The maximum absolute atomic E-state index is 13.8. The Kier molecular flexibility index (Phi) is 9.38. The van der Waals surface area contributed by atoms with E-state index in [4.69, 9.17) is 4.99 Å². The number of aromatic nitrogens is 3. The van der Waals surface area contributed by atoms with Gasteiger partial charge in [0, 0.05) is 51.5 Å². The molecule has 3 aromatic carbocycles. The van der Waals surface area contributed by atoms with Gasteiger partial charge in [0.1, 0.15) is 5.00 Å². The molecule has 11 heteroatoms. The van der Waals surface area contributed by atoms with Gasteiger partial charge in [-0.2, -0.15) is 0 Å². The number of amides is 1. The van der Waals surface area contributed by atoms with Gasteiger partial charge in [0.05, 0.1) is 10.5 Å². The third-order valence-electron chi connectivity index (χ3n) is 8.52. The number of anilines is 1. The summed E-state index contributed by atoms with van der Waals surface area (Å²) in [5, 5.41) is 25.0. The average Bonchev–Trinajstić information content (AvgIpc) is 3.65. The van der Waals surface area contributed by atoms with Crippen LogP contribution in [0.25, 0.3) is 11.4 Å². The predicted octanol–water partition coefficient (Wildman–Crippen LogP) is 9.24. The number of nitro groups is 1. The summed E-state index contributed by atoms with van der Waals surface area (Å²) in [6, 6.07) is 24.0. The number of non-ortho nitro benzene ring substituents is 1. The minimum absolute atomic E-state index is 0.0433. The molecule has 2 heterocycles. The van der Waals surface area contributed by atoms with Crippen molar-refractivity contribution >= 4 is 51.6 Å². The van der Waals surface area contributed by atoms with Crippen LogP contribution in [0.2, 0.25) is 0 Å². The smallest absolute Gasteiger partial charge is 0.270 e. The van der Waals surface area contributed by atoms with Gasteiger partial charge in [-0.1, -0.05) is 69.3 Å². The van der Waals surface area contributed by atoms with Crippen molar-refractivity contribution in [3.63, 3.8) is 0 Å². The van der Waals surface area contributed by atoms with Crippen molar-refractivity contribution in [2.24, 2.45) is 16.3 Å². The number of thiophene rings is 1. The number of aliphatic imine (C=N–C) groups is 1. The van der Waals surface area contributed by atoms with Crippen LogP contribution in [0.15, 0.2) is 93.9 Å². The van der Waals surface area contributed by atoms with Gasteiger partial charge in [-0.15, -0.1) is 21.5 Å². The summed E-state index contributed by atoms with van der Waals surface area (Å²) in [6.07, 6.45) is 4.32. The molecule has 1 amide bonds. The molecule has 1 aliphatic rings. The second-order valence-corrected chi connectivity index (χ2v) is 14.7. The van der Waals surface area contributed by atoms with E-state index in [1.54, 1.807) is 23.6 Å². The summed E-state index contributed by atoms with van der Waals surface area (Å²) in [6.45, 7) is 9.47. The number of carbonyl (C=O) groups is 1. The molecule has 0 saturated heterocycles. The van der Waals surface area contributed by atoms with Crippen molar-refractivity contribution in [1.82, 2.24) is 14.8 Å². The number of nitrogens with zero attached hydrogens (tertiary/aromatic N) is 5. The van der Waals surface area contributed by atoms with Crippen LogP contribution in [0.1, 0.15) is 60.5 Å². The Morgan fingerprint density at radius 3 is 2.51 bits per heavy atom. The number of fused-ring (bicyclic) bond motifs is 1. The lowest BCUT2D eigenvalue weighted by Gasteiger charge is -2.33. The van der Waals surface area contributed by atoms with E-state index in [1.807, 2.05) is 72.2 Å². The highest BCUT2D eigenvalue weighted by Gasteiger charge is 2.34.